The molecule has 0 saturated carbocycles. The molecule has 0 unspecified atom stereocenters. The Bertz CT molecular complexity index is 1450. The third kappa shape index (κ3) is 4.12. The van der Waals surface area contributed by atoms with E-state index in [2.05, 4.69) is 15.9 Å². The normalized spacial score (nSPS) is 19.2. The predicted molar refractivity (Wildman–Crippen MR) is 143 cm³/mol. The highest BCUT2D eigenvalue weighted by Crippen LogP contribution is 2.51. The zero-order valence-corrected chi connectivity index (χ0v) is 22.7. The number of aryl methyl sites for hydroxylation is 1. The van der Waals surface area contributed by atoms with E-state index in [1.807, 2.05) is 79.4 Å². The Hall–Kier alpha value is -3.10. The van der Waals surface area contributed by atoms with E-state index in [-0.39, 0.29) is 10.8 Å². The van der Waals surface area contributed by atoms with Gasteiger partial charge in [-0.1, -0.05) is 64.0 Å². The molecule has 0 fully saturated rings. The van der Waals surface area contributed by atoms with Crippen LogP contribution in [0.2, 0.25) is 0 Å². The zero-order chi connectivity index (χ0) is 25.6. The van der Waals surface area contributed by atoms with Gasteiger partial charge in [-0.25, -0.2) is 17.5 Å². The van der Waals surface area contributed by atoms with E-state index in [9.17, 15) is 13.2 Å². The van der Waals surface area contributed by atoms with Gasteiger partial charge in [0.1, 0.15) is 6.17 Å². The molecule has 0 aliphatic carbocycles. The van der Waals surface area contributed by atoms with Crippen molar-refractivity contribution in [3.8, 4) is 0 Å². The maximum absolute atomic E-state index is 14.2. The van der Waals surface area contributed by atoms with Gasteiger partial charge in [0.15, 0.2) is 0 Å². The number of esters is 1. The Morgan fingerprint density at radius 2 is 1.72 bits per heavy atom. The molecule has 2 aliphatic heterocycles. The van der Waals surface area contributed by atoms with Gasteiger partial charge in [0.05, 0.1) is 23.3 Å². The van der Waals surface area contributed by atoms with Crippen molar-refractivity contribution in [1.29, 1.82) is 0 Å². The molecule has 186 valence electrons. The Balaban J connectivity index is 1.74. The highest BCUT2D eigenvalue weighted by Gasteiger charge is 2.48. The fraction of sp³-hybridized carbons (Fsp3) is 0.250. The lowest BCUT2D eigenvalue weighted by atomic mass is 9.79. The number of ether oxygens (including phenoxy) is 1. The second-order valence-electron chi connectivity index (χ2n) is 9.19. The number of fused-ring (bicyclic) bond motifs is 4. The first-order valence-electron chi connectivity index (χ1n) is 11.7. The number of anilines is 1. The number of benzene rings is 3. The molecule has 3 aromatic carbocycles. The highest BCUT2D eigenvalue weighted by atomic mass is 79.9. The quantitative estimate of drug-likeness (QED) is 0.369. The van der Waals surface area contributed by atoms with E-state index in [1.165, 1.54) is 11.4 Å². The monoisotopic (exact) mass is 566 g/mol. The minimum absolute atomic E-state index is 0.237. The lowest BCUT2D eigenvalue weighted by molar-refractivity contribution is -0.137. The first-order valence-corrected chi connectivity index (χ1v) is 14.0. The Kier molecular flexibility index (Phi) is 6.43. The Morgan fingerprint density at radius 1 is 1.03 bits per heavy atom. The SMILES string of the molecule is COC(=O)C1=C(C)N(Cc2ccccc2)[C@@H]2C[C@H]1c1cc(Br)ccc1N2S(=O)(=O)c1ccc(C)cc1. The number of methoxy groups -OCH3 is 1. The highest BCUT2D eigenvalue weighted by molar-refractivity contribution is 9.10. The van der Waals surface area contributed by atoms with Crippen molar-refractivity contribution in [2.45, 2.75) is 43.8 Å². The van der Waals surface area contributed by atoms with Crippen LogP contribution >= 0.6 is 15.9 Å². The molecule has 3 aromatic rings. The summed E-state index contributed by atoms with van der Waals surface area (Å²) in [6, 6.07) is 22.4. The van der Waals surface area contributed by atoms with Crippen LogP contribution in [0.3, 0.4) is 0 Å². The summed E-state index contributed by atoms with van der Waals surface area (Å²) in [5.41, 5.74) is 4.66. The van der Waals surface area contributed by atoms with Crippen molar-refractivity contribution < 1.29 is 17.9 Å². The van der Waals surface area contributed by atoms with E-state index in [1.54, 1.807) is 12.1 Å². The minimum Gasteiger partial charge on any atom is -0.466 e. The second kappa shape index (κ2) is 9.41. The van der Waals surface area contributed by atoms with Crippen molar-refractivity contribution in [2.24, 2.45) is 0 Å². The number of halogens is 1. The minimum atomic E-state index is -3.91. The number of carbonyl (C=O) groups is 1. The van der Waals surface area contributed by atoms with Gasteiger partial charge in [0.25, 0.3) is 10.0 Å². The van der Waals surface area contributed by atoms with Gasteiger partial charge >= 0.3 is 5.97 Å². The molecular weight excluding hydrogens is 540 g/mol. The molecule has 2 bridgehead atoms. The van der Waals surface area contributed by atoms with E-state index in [4.69, 9.17) is 4.74 Å². The molecule has 6 nitrogen and oxygen atoms in total. The fourth-order valence-corrected chi connectivity index (χ4v) is 7.31. The van der Waals surface area contributed by atoms with Crippen LogP contribution in [0.25, 0.3) is 0 Å². The molecule has 2 heterocycles. The summed E-state index contributed by atoms with van der Waals surface area (Å²) in [4.78, 5) is 15.3. The molecule has 0 radical (unpaired) electrons. The summed E-state index contributed by atoms with van der Waals surface area (Å²) in [7, 11) is -2.53. The van der Waals surface area contributed by atoms with Crippen molar-refractivity contribution in [1.82, 2.24) is 4.90 Å². The standard InChI is InChI=1S/C28H27BrN2O4S/c1-18-9-12-22(13-10-18)36(33,34)31-25-14-11-21(29)15-23(25)24-16-26(31)30(17-20-7-5-4-6-8-20)19(2)27(24)28(32)35-3/h4-15,24,26H,16-17H2,1-3H3/t24-,26-/m0/s1. The van der Waals surface area contributed by atoms with Gasteiger partial charge < -0.3 is 9.64 Å². The zero-order valence-electron chi connectivity index (χ0n) is 20.3. The number of nitrogens with zero attached hydrogens (tertiary/aromatic N) is 2. The lowest BCUT2D eigenvalue weighted by Gasteiger charge is -2.51. The van der Waals surface area contributed by atoms with Gasteiger partial charge in [-0.05, 0) is 61.7 Å². The topological polar surface area (TPSA) is 66.9 Å². The predicted octanol–water partition coefficient (Wildman–Crippen LogP) is 5.73. The van der Waals surface area contributed by atoms with Crippen LogP contribution in [-0.2, 0) is 26.1 Å². The summed E-state index contributed by atoms with van der Waals surface area (Å²) in [6.45, 7) is 4.27. The van der Waals surface area contributed by atoms with E-state index in [0.29, 0.717) is 24.2 Å². The summed E-state index contributed by atoms with van der Waals surface area (Å²) < 4.78 is 36.0. The van der Waals surface area contributed by atoms with Crippen molar-refractivity contribution >= 4 is 37.6 Å². The summed E-state index contributed by atoms with van der Waals surface area (Å²) in [6.07, 6.45) is -0.0769. The lowest BCUT2D eigenvalue weighted by Crippen LogP contribution is -2.56. The molecule has 36 heavy (non-hydrogen) atoms. The van der Waals surface area contributed by atoms with E-state index < -0.39 is 22.2 Å². The number of rotatable bonds is 5. The smallest absolute Gasteiger partial charge is 0.336 e. The van der Waals surface area contributed by atoms with Crippen molar-refractivity contribution in [3.63, 3.8) is 0 Å². The first-order chi connectivity index (χ1) is 17.2. The van der Waals surface area contributed by atoms with Crippen LogP contribution in [0.15, 0.2) is 93.4 Å². The molecule has 5 rings (SSSR count). The van der Waals surface area contributed by atoms with Gasteiger partial charge in [-0.3, -0.25) is 0 Å². The van der Waals surface area contributed by atoms with Crippen LogP contribution in [-0.4, -0.2) is 32.6 Å². The summed E-state index contributed by atoms with van der Waals surface area (Å²) >= 11 is 3.54. The van der Waals surface area contributed by atoms with Crippen molar-refractivity contribution in [2.75, 3.05) is 11.4 Å². The molecule has 2 aliphatic rings. The third-order valence-electron chi connectivity index (χ3n) is 7.03. The third-order valence-corrected chi connectivity index (χ3v) is 9.35. The van der Waals surface area contributed by atoms with E-state index >= 15 is 0 Å². The summed E-state index contributed by atoms with van der Waals surface area (Å²) in [5, 5.41) is 0. The molecular formula is C28H27BrN2O4S. The number of sulfonamides is 1. The van der Waals surface area contributed by atoms with Gasteiger partial charge in [0, 0.05) is 22.6 Å². The average molecular weight is 568 g/mol. The molecule has 8 heteroatoms. The average Bonchev–Trinajstić information content (AvgIpc) is 2.87. The Labute approximate surface area is 220 Å². The van der Waals surface area contributed by atoms with Crippen LogP contribution in [0.5, 0.6) is 0 Å². The van der Waals surface area contributed by atoms with Crippen LogP contribution in [0.1, 0.15) is 36.0 Å². The first kappa shape index (κ1) is 24.6. The van der Waals surface area contributed by atoms with E-state index in [0.717, 1.165) is 26.9 Å². The molecule has 0 amide bonds. The molecule has 0 saturated heterocycles. The molecule has 0 spiro atoms. The molecule has 0 N–H and O–H groups in total. The van der Waals surface area contributed by atoms with Crippen LogP contribution in [0.4, 0.5) is 5.69 Å². The Morgan fingerprint density at radius 3 is 2.39 bits per heavy atom. The second-order valence-corrected chi connectivity index (χ2v) is 11.9. The molecule has 0 aromatic heterocycles. The van der Waals surface area contributed by atoms with Gasteiger partial charge in [-0.15, -0.1) is 0 Å². The summed E-state index contributed by atoms with van der Waals surface area (Å²) in [5.74, 6) is -0.679. The maximum atomic E-state index is 14.2. The van der Waals surface area contributed by atoms with Crippen LogP contribution < -0.4 is 4.31 Å². The molecule has 2 atom stereocenters. The van der Waals surface area contributed by atoms with Gasteiger partial charge in [0.2, 0.25) is 0 Å². The van der Waals surface area contributed by atoms with Crippen molar-refractivity contribution in [3.05, 3.63) is 105 Å². The fourth-order valence-electron chi connectivity index (χ4n) is 5.27. The number of hydrogen-bond donors (Lipinski definition) is 0. The van der Waals surface area contributed by atoms with Gasteiger partial charge in [-0.2, -0.15) is 0 Å². The number of allylic oxidation sites excluding steroid dienone is 1. The van der Waals surface area contributed by atoms with Crippen LogP contribution in [0, 0.1) is 6.92 Å². The maximum Gasteiger partial charge on any atom is 0.336 e. The number of carbonyl (C=O) groups excluding carboxylic acids is 1. The largest absolute Gasteiger partial charge is 0.466 e. The number of hydrogen-bond acceptors (Lipinski definition) is 5.